The van der Waals surface area contributed by atoms with Gasteiger partial charge in [-0.15, -0.1) is 5.10 Å². The van der Waals surface area contributed by atoms with E-state index in [-0.39, 0.29) is 5.43 Å². The first-order chi connectivity index (χ1) is 14.2. The molecule has 140 valence electrons. The molecule has 0 amide bonds. The highest BCUT2D eigenvalue weighted by atomic mass is 16.1. The Morgan fingerprint density at radius 2 is 1.79 bits per heavy atom. The number of nitrogens with one attached hydrogen (secondary N) is 1. The van der Waals surface area contributed by atoms with E-state index in [0.717, 1.165) is 16.6 Å². The van der Waals surface area contributed by atoms with Crippen molar-refractivity contribution in [2.45, 2.75) is 6.92 Å². The van der Waals surface area contributed by atoms with Crippen LogP contribution >= 0.6 is 0 Å². The van der Waals surface area contributed by atoms with Crippen LogP contribution in [0.2, 0.25) is 0 Å². The molecule has 6 heteroatoms. The topological polar surface area (TPSA) is 76.5 Å². The summed E-state index contributed by atoms with van der Waals surface area (Å²) in [6.45, 7) is 1.97. The highest BCUT2D eigenvalue weighted by Crippen LogP contribution is 2.24. The first-order valence-corrected chi connectivity index (χ1v) is 9.27. The van der Waals surface area contributed by atoms with Crippen LogP contribution in [-0.4, -0.2) is 24.7 Å². The van der Waals surface area contributed by atoms with Crippen LogP contribution in [0.4, 0.5) is 0 Å². The number of aryl methyl sites for hydroxylation is 1. The van der Waals surface area contributed by atoms with E-state index in [9.17, 15) is 4.79 Å². The number of aromatic nitrogens is 5. The smallest absolute Gasteiger partial charge is 0.200 e. The molecule has 0 unspecified atom stereocenters. The molecular formula is C23H17N5O. The molecule has 0 aliphatic carbocycles. The van der Waals surface area contributed by atoms with Crippen LogP contribution < -0.4 is 5.43 Å². The summed E-state index contributed by atoms with van der Waals surface area (Å²) in [5, 5.41) is 5.28. The third-order valence-corrected chi connectivity index (χ3v) is 4.78. The number of pyridine rings is 2. The van der Waals surface area contributed by atoms with Crippen molar-refractivity contribution in [1.29, 1.82) is 0 Å². The molecule has 0 atom stereocenters. The van der Waals surface area contributed by atoms with Crippen molar-refractivity contribution in [2.75, 3.05) is 0 Å². The molecule has 3 heterocycles. The molecule has 6 nitrogen and oxygen atoms in total. The molecule has 5 rings (SSSR count). The van der Waals surface area contributed by atoms with Crippen LogP contribution in [0.15, 0.2) is 83.9 Å². The second kappa shape index (κ2) is 6.83. The standard InChI is InChI=1S/C23H17N5O/c1-15-10-11-19-17(13-15)21(29)18(14-25-19)23-26-22(16-7-3-2-4-8-16)27-28(23)20-9-5-6-12-24-20/h2-14H,1H3,(H,25,29). The molecule has 29 heavy (non-hydrogen) atoms. The van der Waals surface area contributed by atoms with Crippen molar-refractivity contribution in [3.63, 3.8) is 0 Å². The van der Waals surface area contributed by atoms with Crippen molar-refractivity contribution >= 4 is 10.9 Å². The second-order valence-electron chi connectivity index (χ2n) is 6.81. The molecule has 0 fully saturated rings. The van der Waals surface area contributed by atoms with Gasteiger partial charge in [-0.1, -0.05) is 48.0 Å². The van der Waals surface area contributed by atoms with Crippen molar-refractivity contribution in [2.24, 2.45) is 0 Å². The van der Waals surface area contributed by atoms with Gasteiger partial charge in [0.1, 0.15) is 0 Å². The van der Waals surface area contributed by atoms with Crippen molar-refractivity contribution in [3.8, 4) is 28.6 Å². The minimum Gasteiger partial charge on any atom is -0.360 e. The van der Waals surface area contributed by atoms with Crippen molar-refractivity contribution in [1.82, 2.24) is 24.7 Å². The molecular weight excluding hydrogens is 362 g/mol. The van der Waals surface area contributed by atoms with Crippen LogP contribution in [-0.2, 0) is 0 Å². The number of aromatic amines is 1. The van der Waals surface area contributed by atoms with E-state index in [1.807, 2.05) is 73.7 Å². The average molecular weight is 379 g/mol. The lowest BCUT2D eigenvalue weighted by molar-refractivity contribution is 0.855. The molecule has 0 saturated heterocycles. The third-order valence-electron chi connectivity index (χ3n) is 4.78. The van der Waals surface area contributed by atoms with Gasteiger partial charge in [0.05, 0.1) is 5.56 Å². The second-order valence-corrected chi connectivity index (χ2v) is 6.81. The zero-order valence-corrected chi connectivity index (χ0v) is 15.7. The molecule has 2 aromatic carbocycles. The largest absolute Gasteiger partial charge is 0.360 e. The Kier molecular flexibility index (Phi) is 4.02. The first-order valence-electron chi connectivity index (χ1n) is 9.27. The van der Waals surface area contributed by atoms with Gasteiger partial charge < -0.3 is 4.98 Å². The number of benzene rings is 2. The summed E-state index contributed by atoms with van der Waals surface area (Å²) in [6.07, 6.45) is 3.38. The van der Waals surface area contributed by atoms with Gasteiger partial charge in [-0.25, -0.2) is 9.97 Å². The molecule has 1 N–H and O–H groups in total. The van der Waals surface area contributed by atoms with Gasteiger partial charge in [0, 0.05) is 28.9 Å². The van der Waals surface area contributed by atoms with Gasteiger partial charge in [-0.2, -0.15) is 4.68 Å². The molecule has 0 aliphatic heterocycles. The Labute approximate surface area is 166 Å². The van der Waals surface area contributed by atoms with Gasteiger partial charge in [0.2, 0.25) is 0 Å². The van der Waals surface area contributed by atoms with Gasteiger partial charge in [-0.3, -0.25) is 4.79 Å². The summed E-state index contributed by atoms with van der Waals surface area (Å²) in [7, 11) is 0. The fraction of sp³-hybridized carbons (Fsp3) is 0.0435. The summed E-state index contributed by atoms with van der Waals surface area (Å²) in [6, 6.07) is 21.0. The number of H-pyrrole nitrogens is 1. The zero-order valence-electron chi connectivity index (χ0n) is 15.7. The number of fused-ring (bicyclic) bond motifs is 1. The minimum absolute atomic E-state index is 0.0911. The summed E-state index contributed by atoms with van der Waals surface area (Å²) >= 11 is 0. The molecule has 0 spiro atoms. The van der Waals surface area contributed by atoms with Crippen LogP contribution in [0.25, 0.3) is 39.5 Å². The number of nitrogens with zero attached hydrogens (tertiary/aromatic N) is 4. The summed E-state index contributed by atoms with van der Waals surface area (Å²) in [4.78, 5) is 25.6. The fourth-order valence-corrected chi connectivity index (χ4v) is 3.33. The molecule has 0 aliphatic rings. The average Bonchev–Trinajstić information content (AvgIpc) is 3.21. The Balaban J connectivity index is 1.78. The Morgan fingerprint density at radius 1 is 0.966 bits per heavy atom. The lowest BCUT2D eigenvalue weighted by atomic mass is 10.1. The van der Waals surface area contributed by atoms with Crippen LogP contribution in [0.1, 0.15) is 5.56 Å². The van der Waals surface area contributed by atoms with Crippen LogP contribution in [0.5, 0.6) is 0 Å². The molecule has 0 saturated carbocycles. The minimum atomic E-state index is -0.0911. The SMILES string of the molecule is Cc1ccc2[nH]cc(-c3nc(-c4ccccc4)nn3-c3ccccn3)c(=O)c2c1. The predicted molar refractivity (Wildman–Crippen MR) is 113 cm³/mol. The predicted octanol–water partition coefficient (Wildman–Crippen LogP) is 4.15. The van der Waals surface area contributed by atoms with Gasteiger partial charge in [-0.05, 0) is 31.2 Å². The monoisotopic (exact) mass is 379 g/mol. The Bertz CT molecular complexity index is 1370. The van der Waals surface area contributed by atoms with E-state index in [1.165, 1.54) is 0 Å². The van der Waals surface area contributed by atoms with Gasteiger partial charge in [0.25, 0.3) is 0 Å². The maximum Gasteiger partial charge on any atom is 0.200 e. The normalized spacial score (nSPS) is 11.1. The lowest BCUT2D eigenvalue weighted by Crippen LogP contribution is -2.11. The molecule has 5 aromatic rings. The van der Waals surface area contributed by atoms with Crippen molar-refractivity contribution in [3.05, 3.63) is 94.9 Å². The van der Waals surface area contributed by atoms with E-state index < -0.39 is 0 Å². The fourth-order valence-electron chi connectivity index (χ4n) is 3.33. The Morgan fingerprint density at radius 3 is 2.59 bits per heavy atom. The molecule has 3 aromatic heterocycles. The van der Waals surface area contributed by atoms with Gasteiger partial charge >= 0.3 is 0 Å². The molecule has 0 bridgehead atoms. The maximum absolute atomic E-state index is 13.3. The first kappa shape index (κ1) is 17.1. The maximum atomic E-state index is 13.3. The Hall–Kier alpha value is -4.06. The number of hydrogen-bond donors (Lipinski definition) is 1. The van der Waals surface area contributed by atoms with Crippen molar-refractivity contribution < 1.29 is 0 Å². The van der Waals surface area contributed by atoms with E-state index in [0.29, 0.717) is 28.4 Å². The summed E-state index contributed by atoms with van der Waals surface area (Å²) < 4.78 is 1.62. The molecule has 0 radical (unpaired) electrons. The van der Waals surface area contributed by atoms with Gasteiger partial charge in [0.15, 0.2) is 22.9 Å². The third kappa shape index (κ3) is 3.00. The number of rotatable bonds is 3. The number of hydrogen-bond acceptors (Lipinski definition) is 4. The van der Waals surface area contributed by atoms with E-state index in [4.69, 9.17) is 4.98 Å². The highest BCUT2D eigenvalue weighted by Gasteiger charge is 2.19. The highest BCUT2D eigenvalue weighted by molar-refractivity contribution is 5.83. The summed E-state index contributed by atoms with van der Waals surface area (Å²) in [5.74, 6) is 1.59. The lowest BCUT2D eigenvalue weighted by Gasteiger charge is -2.06. The zero-order chi connectivity index (χ0) is 19.8. The van der Waals surface area contributed by atoms with Crippen LogP contribution in [0, 0.1) is 6.92 Å². The van der Waals surface area contributed by atoms with E-state index in [2.05, 4.69) is 15.1 Å². The van der Waals surface area contributed by atoms with E-state index >= 15 is 0 Å². The van der Waals surface area contributed by atoms with Crippen LogP contribution in [0.3, 0.4) is 0 Å². The quantitative estimate of drug-likeness (QED) is 0.511. The van der Waals surface area contributed by atoms with E-state index in [1.54, 1.807) is 17.1 Å². The summed E-state index contributed by atoms with van der Waals surface area (Å²) in [5.41, 5.74) is 3.04.